The zero-order chi connectivity index (χ0) is 21.2. The Labute approximate surface area is 167 Å². The fourth-order valence-electron chi connectivity index (χ4n) is 3.08. The maximum Gasteiger partial charge on any atom is 0.417 e. The Balaban J connectivity index is 1.83. The molecule has 9 heteroatoms. The third kappa shape index (κ3) is 4.68. The average Bonchev–Trinajstić information content (AvgIpc) is 2.93. The number of nitrogens with one attached hydrogen (secondary N) is 1. The number of aryl methyl sites for hydroxylation is 1. The molecule has 29 heavy (non-hydrogen) atoms. The molecule has 0 aliphatic rings. The number of sulfonamides is 1. The van der Waals surface area contributed by atoms with E-state index >= 15 is 0 Å². The van der Waals surface area contributed by atoms with E-state index in [9.17, 15) is 21.6 Å². The van der Waals surface area contributed by atoms with Crippen molar-refractivity contribution in [2.75, 3.05) is 0 Å². The van der Waals surface area contributed by atoms with Gasteiger partial charge in [0, 0.05) is 17.8 Å². The summed E-state index contributed by atoms with van der Waals surface area (Å²) in [5.41, 5.74) is 1.84. The summed E-state index contributed by atoms with van der Waals surface area (Å²) in [6, 6.07) is 13.8. The van der Waals surface area contributed by atoms with Gasteiger partial charge in [0.05, 0.1) is 22.7 Å². The summed E-state index contributed by atoms with van der Waals surface area (Å²) in [5, 5.41) is 4.44. The first-order valence-corrected chi connectivity index (χ1v) is 10.3. The van der Waals surface area contributed by atoms with E-state index in [2.05, 4.69) is 9.82 Å². The Kier molecular flexibility index (Phi) is 5.81. The normalized spacial score (nSPS) is 12.3. The Hall–Kier alpha value is -2.65. The van der Waals surface area contributed by atoms with Gasteiger partial charge in [-0.1, -0.05) is 42.5 Å². The standard InChI is InChI=1S/C20H20F3N3O2S/c1-14-17(15(2)26(25-14)13-16-8-4-3-5-9-16)12-24-29(27,28)19-11-7-6-10-18(19)20(21,22)23/h3-11,24H,12-13H2,1-2H3. The number of halogens is 3. The van der Waals surface area contributed by atoms with Crippen LogP contribution in [0.3, 0.4) is 0 Å². The van der Waals surface area contributed by atoms with E-state index in [0.29, 0.717) is 17.8 Å². The van der Waals surface area contributed by atoms with E-state index in [-0.39, 0.29) is 6.54 Å². The summed E-state index contributed by atoms with van der Waals surface area (Å²) in [7, 11) is -4.36. The van der Waals surface area contributed by atoms with E-state index in [1.807, 2.05) is 30.3 Å². The Morgan fingerprint density at radius 3 is 2.28 bits per heavy atom. The number of nitrogens with zero attached hydrogens (tertiary/aromatic N) is 2. The van der Waals surface area contributed by atoms with Crippen molar-refractivity contribution in [3.05, 3.63) is 82.7 Å². The zero-order valence-corrected chi connectivity index (χ0v) is 16.7. The second-order valence-electron chi connectivity index (χ2n) is 6.61. The van der Waals surface area contributed by atoms with Gasteiger partial charge in [0.1, 0.15) is 0 Å². The lowest BCUT2D eigenvalue weighted by atomic mass is 10.2. The van der Waals surface area contributed by atoms with Crippen molar-refractivity contribution in [1.29, 1.82) is 0 Å². The molecule has 5 nitrogen and oxygen atoms in total. The van der Waals surface area contributed by atoms with E-state index in [0.717, 1.165) is 29.5 Å². The van der Waals surface area contributed by atoms with Crippen LogP contribution < -0.4 is 4.72 Å². The van der Waals surface area contributed by atoms with Crippen molar-refractivity contribution in [2.24, 2.45) is 0 Å². The second-order valence-corrected chi connectivity index (χ2v) is 8.35. The number of alkyl halides is 3. The third-order valence-corrected chi connectivity index (χ3v) is 6.09. The molecule has 0 saturated carbocycles. The number of rotatable bonds is 6. The second kappa shape index (κ2) is 8.00. The highest BCUT2D eigenvalue weighted by Crippen LogP contribution is 2.34. The van der Waals surface area contributed by atoms with Crippen molar-refractivity contribution in [1.82, 2.24) is 14.5 Å². The molecule has 154 valence electrons. The molecule has 0 atom stereocenters. The number of hydrogen-bond acceptors (Lipinski definition) is 3. The lowest BCUT2D eigenvalue weighted by Gasteiger charge is -2.14. The summed E-state index contributed by atoms with van der Waals surface area (Å²) in [6.45, 7) is 3.90. The van der Waals surface area contributed by atoms with Gasteiger partial charge in [0.2, 0.25) is 10.0 Å². The van der Waals surface area contributed by atoms with Crippen LogP contribution in [0.2, 0.25) is 0 Å². The largest absolute Gasteiger partial charge is 0.417 e. The van der Waals surface area contributed by atoms with E-state index < -0.39 is 26.7 Å². The summed E-state index contributed by atoms with van der Waals surface area (Å²) in [6.07, 6.45) is -4.77. The molecule has 0 radical (unpaired) electrons. The molecule has 0 spiro atoms. The first kappa shape index (κ1) is 21.1. The van der Waals surface area contributed by atoms with Crippen LogP contribution in [0.25, 0.3) is 0 Å². The molecular weight excluding hydrogens is 403 g/mol. The van der Waals surface area contributed by atoms with Gasteiger partial charge in [-0.15, -0.1) is 0 Å². The van der Waals surface area contributed by atoms with Crippen molar-refractivity contribution in [3.63, 3.8) is 0 Å². The lowest BCUT2D eigenvalue weighted by molar-refractivity contribution is -0.139. The van der Waals surface area contributed by atoms with E-state index in [1.54, 1.807) is 18.5 Å². The monoisotopic (exact) mass is 423 g/mol. The van der Waals surface area contributed by atoms with Gasteiger partial charge >= 0.3 is 6.18 Å². The fraction of sp³-hybridized carbons (Fsp3) is 0.250. The van der Waals surface area contributed by atoms with Crippen LogP contribution >= 0.6 is 0 Å². The fourth-order valence-corrected chi connectivity index (χ4v) is 4.30. The predicted molar refractivity (Wildman–Crippen MR) is 103 cm³/mol. The minimum Gasteiger partial charge on any atom is -0.265 e. The molecule has 3 aromatic rings. The summed E-state index contributed by atoms with van der Waals surface area (Å²) >= 11 is 0. The minimum absolute atomic E-state index is 0.152. The van der Waals surface area contributed by atoms with Gasteiger partial charge in [0.15, 0.2) is 0 Å². The molecular formula is C20H20F3N3O2S. The molecule has 0 aliphatic heterocycles. The van der Waals surface area contributed by atoms with Crippen LogP contribution in [0.4, 0.5) is 13.2 Å². The Morgan fingerprint density at radius 1 is 1.00 bits per heavy atom. The van der Waals surface area contributed by atoms with Gasteiger partial charge in [0.25, 0.3) is 0 Å². The zero-order valence-electron chi connectivity index (χ0n) is 15.9. The summed E-state index contributed by atoms with van der Waals surface area (Å²) in [5.74, 6) is 0. The van der Waals surface area contributed by atoms with Crippen LogP contribution in [-0.4, -0.2) is 18.2 Å². The van der Waals surface area contributed by atoms with Crippen molar-refractivity contribution < 1.29 is 21.6 Å². The van der Waals surface area contributed by atoms with Gasteiger partial charge in [-0.05, 0) is 31.5 Å². The van der Waals surface area contributed by atoms with Crippen molar-refractivity contribution >= 4 is 10.0 Å². The van der Waals surface area contributed by atoms with E-state index in [4.69, 9.17) is 0 Å². The minimum atomic E-state index is -4.77. The quantitative estimate of drug-likeness (QED) is 0.651. The molecule has 3 rings (SSSR count). The first-order chi connectivity index (χ1) is 13.6. The molecule has 0 unspecified atom stereocenters. The molecule has 1 heterocycles. The molecule has 1 N–H and O–H groups in total. The average molecular weight is 423 g/mol. The van der Waals surface area contributed by atoms with Gasteiger partial charge in [-0.25, -0.2) is 13.1 Å². The molecule has 0 fully saturated rings. The maximum atomic E-state index is 13.2. The van der Waals surface area contributed by atoms with Crippen LogP contribution in [0.1, 0.15) is 28.1 Å². The summed E-state index contributed by atoms with van der Waals surface area (Å²) in [4.78, 5) is -0.792. The molecule has 0 amide bonds. The van der Waals surface area contributed by atoms with Gasteiger partial charge in [-0.2, -0.15) is 18.3 Å². The van der Waals surface area contributed by atoms with Gasteiger partial charge in [-0.3, -0.25) is 4.68 Å². The number of benzene rings is 2. The molecule has 0 aliphatic carbocycles. The first-order valence-electron chi connectivity index (χ1n) is 8.82. The molecule has 1 aromatic heterocycles. The Bertz CT molecular complexity index is 1110. The smallest absolute Gasteiger partial charge is 0.265 e. The highest BCUT2D eigenvalue weighted by Gasteiger charge is 2.36. The molecule has 0 bridgehead atoms. The number of hydrogen-bond donors (Lipinski definition) is 1. The SMILES string of the molecule is Cc1nn(Cc2ccccc2)c(C)c1CNS(=O)(=O)c1ccccc1C(F)(F)F. The highest BCUT2D eigenvalue weighted by molar-refractivity contribution is 7.89. The third-order valence-electron chi connectivity index (χ3n) is 4.63. The van der Waals surface area contributed by atoms with E-state index in [1.165, 1.54) is 6.07 Å². The van der Waals surface area contributed by atoms with Gasteiger partial charge < -0.3 is 0 Å². The van der Waals surface area contributed by atoms with Crippen LogP contribution in [-0.2, 0) is 29.3 Å². The lowest BCUT2D eigenvalue weighted by Crippen LogP contribution is -2.26. The van der Waals surface area contributed by atoms with Crippen LogP contribution in [0.15, 0.2) is 59.5 Å². The molecule has 0 saturated heterocycles. The van der Waals surface area contributed by atoms with Crippen LogP contribution in [0, 0.1) is 13.8 Å². The van der Waals surface area contributed by atoms with Crippen LogP contribution in [0.5, 0.6) is 0 Å². The molecule has 2 aromatic carbocycles. The van der Waals surface area contributed by atoms with Crippen molar-refractivity contribution in [2.45, 2.75) is 38.0 Å². The summed E-state index contributed by atoms with van der Waals surface area (Å²) < 4.78 is 68.7. The van der Waals surface area contributed by atoms with Crippen molar-refractivity contribution in [3.8, 4) is 0 Å². The maximum absolute atomic E-state index is 13.2. The Morgan fingerprint density at radius 2 is 1.62 bits per heavy atom. The number of aromatic nitrogens is 2. The predicted octanol–water partition coefficient (Wildman–Crippen LogP) is 4.05. The highest BCUT2D eigenvalue weighted by atomic mass is 32.2. The topological polar surface area (TPSA) is 64.0 Å².